The first-order valence-electron chi connectivity index (χ1n) is 10.1. The Hall–Kier alpha value is -3.89. The smallest absolute Gasteiger partial charge is 0.404 e. The number of amides is 1. The summed E-state index contributed by atoms with van der Waals surface area (Å²) in [5, 5.41) is 10.8. The van der Waals surface area contributed by atoms with Gasteiger partial charge >= 0.3 is 6.09 Å². The molecule has 0 saturated carbocycles. The molecule has 4 heterocycles. The van der Waals surface area contributed by atoms with Crippen molar-refractivity contribution in [2.45, 2.75) is 18.6 Å². The number of aromatic nitrogens is 2. The van der Waals surface area contributed by atoms with Crippen LogP contribution >= 0.6 is 0 Å². The van der Waals surface area contributed by atoms with E-state index in [0.717, 1.165) is 16.8 Å². The number of aromatic hydroxyl groups is 1. The maximum Gasteiger partial charge on any atom is 0.404 e. The average molecular weight is 435 g/mol. The molecule has 2 atom stereocenters. The van der Waals surface area contributed by atoms with Crippen LogP contribution in [0.4, 0.5) is 4.79 Å². The van der Waals surface area contributed by atoms with Crippen LogP contribution in [0.25, 0.3) is 11.1 Å². The van der Waals surface area contributed by atoms with Crippen molar-refractivity contribution in [2.24, 2.45) is 5.73 Å². The second kappa shape index (κ2) is 8.33. The Kier molecular flexibility index (Phi) is 5.21. The molecule has 2 aliphatic rings. The first-order valence-corrected chi connectivity index (χ1v) is 10.1. The maximum absolute atomic E-state index is 11.2. The van der Waals surface area contributed by atoms with Crippen molar-refractivity contribution in [3.05, 3.63) is 66.2 Å². The molecule has 0 radical (unpaired) electrons. The summed E-state index contributed by atoms with van der Waals surface area (Å²) in [7, 11) is 0. The molecule has 1 amide bonds. The number of benzene rings is 1. The van der Waals surface area contributed by atoms with E-state index in [4.69, 9.17) is 25.1 Å². The fourth-order valence-corrected chi connectivity index (χ4v) is 4.13. The number of pyridine rings is 2. The van der Waals surface area contributed by atoms with Gasteiger partial charge in [-0.3, -0.25) is 14.9 Å². The van der Waals surface area contributed by atoms with Gasteiger partial charge in [-0.05, 0) is 36.2 Å². The lowest BCUT2D eigenvalue weighted by Gasteiger charge is -2.28. The van der Waals surface area contributed by atoms with E-state index in [2.05, 4.69) is 15.5 Å². The molecule has 4 N–H and O–H groups in total. The van der Waals surface area contributed by atoms with Gasteiger partial charge in [-0.15, -0.1) is 0 Å². The molecule has 0 bridgehead atoms. The molecule has 1 aromatic carbocycles. The van der Waals surface area contributed by atoms with Gasteiger partial charge in [0.25, 0.3) is 0 Å². The lowest BCUT2D eigenvalue weighted by Crippen LogP contribution is -2.31. The fourth-order valence-electron chi connectivity index (χ4n) is 4.13. The average Bonchev–Trinajstić information content (AvgIpc) is 3.44. The Morgan fingerprint density at radius 3 is 2.69 bits per heavy atom. The SMILES string of the molecule is NC(=O)O[C@@H]1CCN(C(c2ccc(-c3ccncc3)cn2)c2cc3c(cc2O)ONO3)C1. The van der Waals surface area contributed by atoms with Crippen LogP contribution in [-0.2, 0) is 4.74 Å². The second-order valence-corrected chi connectivity index (χ2v) is 7.60. The number of phenolic OH excluding ortho intramolecular Hbond substituents is 1. The van der Waals surface area contributed by atoms with Gasteiger partial charge in [0.05, 0.1) is 11.7 Å². The van der Waals surface area contributed by atoms with E-state index in [9.17, 15) is 9.90 Å². The predicted octanol–water partition coefficient (Wildman–Crippen LogP) is 2.30. The highest BCUT2D eigenvalue weighted by atomic mass is 16.9. The van der Waals surface area contributed by atoms with Crippen molar-refractivity contribution in [1.29, 1.82) is 0 Å². The number of fused-ring (bicyclic) bond motifs is 1. The van der Waals surface area contributed by atoms with Crippen LogP contribution in [0.15, 0.2) is 55.0 Å². The Balaban J connectivity index is 1.51. The van der Waals surface area contributed by atoms with Gasteiger partial charge in [0, 0.05) is 54.5 Å². The molecule has 1 fully saturated rings. The van der Waals surface area contributed by atoms with E-state index in [1.807, 2.05) is 24.3 Å². The molecule has 2 aliphatic heterocycles. The molecule has 1 unspecified atom stereocenters. The molecule has 10 nitrogen and oxygen atoms in total. The van der Waals surface area contributed by atoms with E-state index < -0.39 is 12.1 Å². The molecule has 3 aromatic rings. The number of carbonyl (C=O) groups excluding carboxylic acids is 1. The van der Waals surface area contributed by atoms with Crippen LogP contribution in [0, 0.1) is 0 Å². The van der Waals surface area contributed by atoms with Crippen molar-refractivity contribution in [3.63, 3.8) is 0 Å². The summed E-state index contributed by atoms with van der Waals surface area (Å²) in [6, 6.07) is 10.5. The predicted molar refractivity (Wildman–Crippen MR) is 112 cm³/mol. The summed E-state index contributed by atoms with van der Waals surface area (Å²) in [5.74, 6) is 0.892. The number of nitrogens with two attached hydrogens (primary N) is 1. The van der Waals surface area contributed by atoms with Crippen molar-refractivity contribution < 1.29 is 24.3 Å². The highest BCUT2D eigenvalue weighted by Crippen LogP contribution is 2.43. The minimum atomic E-state index is -0.801. The van der Waals surface area contributed by atoms with Gasteiger partial charge in [-0.25, -0.2) is 4.79 Å². The van der Waals surface area contributed by atoms with Crippen molar-refractivity contribution in [2.75, 3.05) is 13.1 Å². The summed E-state index contributed by atoms with van der Waals surface area (Å²) in [4.78, 5) is 32.5. The van der Waals surface area contributed by atoms with Crippen molar-refractivity contribution in [3.8, 4) is 28.4 Å². The van der Waals surface area contributed by atoms with Crippen molar-refractivity contribution in [1.82, 2.24) is 20.5 Å². The number of nitrogens with one attached hydrogen (secondary N) is 1. The molecule has 0 aliphatic carbocycles. The number of hydrogen-bond acceptors (Lipinski definition) is 9. The maximum atomic E-state index is 11.2. The van der Waals surface area contributed by atoms with Gasteiger partial charge in [-0.1, -0.05) is 6.07 Å². The topological polar surface area (TPSA) is 132 Å². The summed E-state index contributed by atoms with van der Waals surface area (Å²) >= 11 is 0. The van der Waals surface area contributed by atoms with Gasteiger partial charge in [-0.2, -0.15) is 0 Å². The van der Waals surface area contributed by atoms with Crippen LogP contribution in [0.5, 0.6) is 17.2 Å². The fraction of sp³-hybridized carbons (Fsp3) is 0.227. The standard InChI is InChI=1S/C22H21N5O5/c23-22(29)30-15-5-8-27(12-15)21(16-9-19-20(10-18(16)28)32-26-31-19)17-2-1-14(11-25-17)13-3-6-24-7-4-13/h1-4,6-7,9-11,15,21,26,28H,5,8,12H2,(H2,23,29)/t15-,21?/m1/s1. The number of primary amides is 1. The van der Waals surface area contributed by atoms with Gasteiger partial charge < -0.3 is 25.3 Å². The molecule has 164 valence electrons. The lowest BCUT2D eigenvalue weighted by atomic mass is 9.98. The monoisotopic (exact) mass is 435 g/mol. The van der Waals surface area contributed by atoms with Crippen LogP contribution in [0.3, 0.4) is 0 Å². The minimum absolute atomic E-state index is 0.0420. The number of hydrogen-bond donors (Lipinski definition) is 3. The zero-order valence-corrected chi connectivity index (χ0v) is 17.0. The zero-order chi connectivity index (χ0) is 22.1. The number of ether oxygens (including phenoxy) is 1. The lowest BCUT2D eigenvalue weighted by molar-refractivity contribution is 0.0259. The number of likely N-dealkylation sites (tertiary alicyclic amines) is 1. The van der Waals surface area contributed by atoms with Gasteiger partial charge in [0.15, 0.2) is 11.5 Å². The Bertz CT molecular complexity index is 1130. The first-order chi connectivity index (χ1) is 15.6. The van der Waals surface area contributed by atoms with Crippen LogP contribution in [-0.4, -0.2) is 45.3 Å². The minimum Gasteiger partial charge on any atom is -0.507 e. The summed E-state index contributed by atoms with van der Waals surface area (Å²) in [5.41, 5.74) is 10.8. The number of nitrogens with zero attached hydrogens (tertiary/aromatic N) is 3. The number of phenols is 1. The molecule has 2 aromatic heterocycles. The summed E-state index contributed by atoms with van der Waals surface area (Å²) < 4.78 is 5.20. The summed E-state index contributed by atoms with van der Waals surface area (Å²) in [6.07, 6.45) is 4.74. The van der Waals surface area contributed by atoms with E-state index in [-0.39, 0.29) is 11.9 Å². The molecule has 32 heavy (non-hydrogen) atoms. The van der Waals surface area contributed by atoms with Crippen LogP contribution in [0.2, 0.25) is 0 Å². The van der Waals surface area contributed by atoms with E-state index >= 15 is 0 Å². The van der Waals surface area contributed by atoms with Crippen LogP contribution in [0.1, 0.15) is 23.7 Å². The highest BCUT2D eigenvalue weighted by Gasteiger charge is 2.35. The molecule has 10 heteroatoms. The number of rotatable bonds is 5. The van der Waals surface area contributed by atoms with Crippen molar-refractivity contribution >= 4 is 6.09 Å². The third kappa shape index (κ3) is 3.88. The number of carbonyl (C=O) groups is 1. The molecule has 0 spiro atoms. The third-order valence-corrected chi connectivity index (χ3v) is 5.60. The Morgan fingerprint density at radius 1 is 1.19 bits per heavy atom. The summed E-state index contributed by atoms with van der Waals surface area (Å²) in [6.45, 7) is 1.08. The quantitative estimate of drug-likeness (QED) is 0.552. The van der Waals surface area contributed by atoms with Gasteiger partial charge in [0.1, 0.15) is 11.9 Å². The molecular weight excluding hydrogens is 414 g/mol. The van der Waals surface area contributed by atoms with E-state index in [1.165, 1.54) is 6.07 Å². The van der Waals surface area contributed by atoms with Gasteiger partial charge in [0.2, 0.25) is 0 Å². The molecule has 1 saturated heterocycles. The largest absolute Gasteiger partial charge is 0.507 e. The highest BCUT2D eigenvalue weighted by molar-refractivity contribution is 5.65. The molecular formula is C22H21N5O5. The third-order valence-electron chi connectivity index (χ3n) is 5.60. The second-order valence-electron chi connectivity index (χ2n) is 7.60. The zero-order valence-electron chi connectivity index (χ0n) is 17.0. The van der Waals surface area contributed by atoms with E-state index in [1.54, 1.807) is 24.7 Å². The first kappa shape index (κ1) is 20.0. The van der Waals surface area contributed by atoms with E-state index in [0.29, 0.717) is 36.6 Å². The Labute approximate surface area is 183 Å². The Morgan fingerprint density at radius 2 is 1.97 bits per heavy atom. The normalized spacial score (nSPS) is 18.4. The van der Waals surface area contributed by atoms with Crippen LogP contribution < -0.4 is 21.1 Å². The molecule has 5 rings (SSSR count).